The fraction of sp³-hybridized carbons (Fsp3) is 0.250. The van der Waals surface area contributed by atoms with Gasteiger partial charge in [-0.25, -0.2) is 4.98 Å². The minimum absolute atomic E-state index is 0.211. The molecule has 2 aromatic carbocycles. The zero-order chi connectivity index (χ0) is 18.2. The lowest BCUT2D eigenvalue weighted by Gasteiger charge is -2.25. The maximum atomic E-state index is 12.3. The Bertz CT molecular complexity index is 1180. The van der Waals surface area contributed by atoms with E-state index in [0.717, 1.165) is 23.8 Å². The Balaban J connectivity index is 1.54. The topological polar surface area (TPSA) is 60.2 Å². The second-order valence-electron chi connectivity index (χ2n) is 6.61. The summed E-state index contributed by atoms with van der Waals surface area (Å²) in [5.41, 5.74) is 1.65. The van der Waals surface area contributed by atoms with Gasteiger partial charge >= 0.3 is 0 Å². The highest BCUT2D eigenvalue weighted by molar-refractivity contribution is 7.22. The maximum absolute atomic E-state index is 12.3. The summed E-state index contributed by atoms with van der Waals surface area (Å²) in [5, 5.41) is 3.28. The summed E-state index contributed by atoms with van der Waals surface area (Å²) in [4.78, 5) is 23.3. The van der Waals surface area contributed by atoms with Gasteiger partial charge in [0.2, 0.25) is 0 Å². The van der Waals surface area contributed by atoms with Crippen molar-refractivity contribution in [3.05, 3.63) is 64.7 Å². The molecule has 7 heteroatoms. The van der Waals surface area contributed by atoms with Crippen molar-refractivity contribution >= 4 is 37.6 Å². The smallest absolute Gasteiger partial charge is 0.292 e. The van der Waals surface area contributed by atoms with Crippen LogP contribution in [0.4, 0.5) is 5.13 Å². The van der Waals surface area contributed by atoms with Gasteiger partial charge in [0.15, 0.2) is 10.8 Å². The molecule has 0 radical (unpaired) electrons. The third-order valence-corrected chi connectivity index (χ3v) is 5.92. The molecule has 0 atom stereocenters. The van der Waals surface area contributed by atoms with E-state index in [2.05, 4.69) is 40.2 Å². The van der Waals surface area contributed by atoms with E-state index in [0.29, 0.717) is 30.1 Å². The Labute approximate surface area is 159 Å². The van der Waals surface area contributed by atoms with E-state index in [1.807, 2.05) is 16.7 Å². The van der Waals surface area contributed by atoms with Crippen LogP contribution in [0.2, 0.25) is 0 Å². The summed E-state index contributed by atoms with van der Waals surface area (Å²) in [6.07, 6.45) is 1.60. The molecule has 0 aliphatic carbocycles. The fourth-order valence-electron chi connectivity index (χ4n) is 3.41. The normalized spacial score (nSPS) is 14.9. The lowest BCUT2D eigenvalue weighted by molar-refractivity contribution is 0.122. The van der Waals surface area contributed by atoms with Gasteiger partial charge in [0.05, 0.1) is 19.8 Å². The molecule has 0 bridgehead atoms. The number of thiazole rings is 1. The maximum Gasteiger partial charge on any atom is 0.292 e. The van der Waals surface area contributed by atoms with Crippen LogP contribution in [0.15, 0.2) is 53.6 Å². The van der Waals surface area contributed by atoms with E-state index in [1.165, 1.54) is 22.1 Å². The van der Waals surface area contributed by atoms with Crippen molar-refractivity contribution < 1.29 is 4.74 Å². The first kappa shape index (κ1) is 16.4. The van der Waals surface area contributed by atoms with Crippen LogP contribution in [-0.4, -0.2) is 40.8 Å². The number of ether oxygens (including phenoxy) is 1. The third kappa shape index (κ3) is 3.09. The van der Waals surface area contributed by atoms with Crippen molar-refractivity contribution in [2.75, 3.05) is 31.2 Å². The predicted molar refractivity (Wildman–Crippen MR) is 108 cm³/mol. The van der Waals surface area contributed by atoms with Gasteiger partial charge in [0.1, 0.15) is 11.0 Å². The van der Waals surface area contributed by atoms with Crippen LogP contribution in [0.25, 0.3) is 21.1 Å². The zero-order valence-corrected chi connectivity index (χ0v) is 15.5. The summed E-state index contributed by atoms with van der Waals surface area (Å²) in [6.45, 7) is 3.60. The number of nitrogens with zero attached hydrogens (tertiary/aromatic N) is 4. The minimum Gasteiger partial charge on any atom is -0.378 e. The summed E-state index contributed by atoms with van der Waals surface area (Å²) in [7, 11) is 0. The average molecular weight is 378 g/mol. The van der Waals surface area contributed by atoms with Crippen LogP contribution in [0, 0.1) is 0 Å². The molecule has 1 saturated heterocycles. The number of hydrogen-bond acceptors (Lipinski definition) is 6. The van der Waals surface area contributed by atoms with Crippen molar-refractivity contribution in [2.45, 2.75) is 6.54 Å². The van der Waals surface area contributed by atoms with Gasteiger partial charge in [0.25, 0.3) is 5.56 Å². The van der Waals surface area contributed by atoms with E-state index in [-0.39, 0.29) is 5.56 Å². The van der Waals surface area contributed by atoms with Gasteiger partial charge in [-0.1, -0.05) is 47.7 Å². The van der Waals surface area contributed by atoms with E-state index in [9.17, 15) is 4.79 Å². The first-order chi connectivity index (χ1) is 13.3. The average Bonchev–Trinajstić information content (AvgIpc) is 3.17. The quantitative estimate of drug-likeness (QED) is 0.549. The lowest BCUT2D eigenvalue weighted by atomic mass is 10.1. The van der Waals surface area contributed by atoms with Crippen molar-refractivity contribution in [1.82, 2.24) is 14.5 Å². The number of fused-ring (bicyclic) bond motifs is 2. The number of anilines is 1. The number of hydrogen-bond donors (Lipinski definition) is 0. The SMILES string of the molecule is O=c1ncn(Cc2ccc3ccccc3c2)c2nc(N3CCOCC3)sc12. The Hall–Kier alpha value is -2.77. The largest absolute Gasteiger partial charge is 0.378 e. The summed E-state index contributed by atoms with van der Waals surface area (Å²) in [6, 6.07) is 14.7. The Morgan fingerprint density at radius 1 is 1.07 bits per heavy atom. The van der Waals surface area contributed by atoms with Crippen LogP contribution in [-0.2, 0) is 11.3 Å². The molecule has 6 nitrogen and oxygen atoms in total. The van der Waals surface area contributed by atoms with Crippen LogP contribution in [0.3, 0.4) is 0 Å². The third-order valence-electron chi connectivity index (χ3n) is 4.83. The second-order valence-corrected chi connectivity index (χ2v) is 7.59. The molecule has 2 aromatic heterocycles. The predicted octanol–water partition coefficient (Wildman–Crippen LogP) is 2.89. The summed E-state index contributed by atoms with van der Waals surface area (Å²) < 4.78 is 7.98. The standard InChI is InChI=1S/C20H18N4O2S/c25-19-17-18(22-20(27-17)23-7-9-26-10-8-23)24(13-21-19)12-14-5-6-15-3-1-2-4-16(15)11-14/h1-6,11,13H,7-10,12H2. The van der Waals surface area contributed by atoms with Crippen LogP contribution in [0.5, 0.6) is 0 Å². The number of benzene rings is 2. The highest BCUT2D eigenvalue weighted by Gasteiger charge is 2.18. The van der Waals surface area contributed by atoms with Gasteiger partial charge in [-0.15, -0.1) is 0 Å². The molecule has 1 aliphatic rings. The van der Waals surface area contributed by atoms with Gasteiger partial charge < -0.3 is 14.2 Å². The minimum atomic E-state index is -0.211. The van der Waals surface area contributed by atoms with E-state index >= 15 is 0 Å². The van der Waals surface area contributed by atoms with Crippen molar-refractivity contribution in [3.8, 4) is 0 Å². The second kappa shape index (κ2) is 6.75. The van der Waals surface area contributed by atoms with Crippen molar-refractivity contribution in [2.24, 2.45) is 0 Å². The van der Waals surface area contributed by atoms with Crippen LogP contribution >= 0.6 is 11.3 Å². The number of aromatic nitrogens is 3. The highest BCUT2D eigenvalue weighted by Crippen LogP contribution is 2.27. The molecule has 0 unspecified atom stereocenters. The molecule has 27 heavy (non-hydrogen) atoms. The monoisotopic (exact) mass is 378 g/mol. The summed E-state index contributed by atoms with van der Waals surface area (Å²) >= 11 is 1.42. The fourth-order valence-corrected chi connectivity index (χ4v) is 4.43. The zero-order valence-electron chi connectivity index (χ0n) is 14.7. The molecule has 5 rings (SSSR count). The first-order valence-corrected chi connectivity index (χ1v) is 9.76. The van der Waals surface area contributed by atoms with E-state index in [4.69, 9.17) is 9.72 Å². The van der Waals surface area contributed by atoms with Gasteiger partial charge in [0, 0.05) is 13.1 Å². The highest BCUT2D eigenvalue weighted by atomic mass is 32.1. The molecule has 136 valence electrons. The summed E-state index contributed by atoms with van der Waals surface area (Å²) in [5.74, 6) is 0. The van der Waals surface area contributed by atoms with Crippen LogP contribution in [0.1, 0.15) is 5.56 Å². The molecule has 0 spiro atoms. The van der Waals surface area contributed by atoms with Gasteiger partial charge in [-0.05, 0) is 22.4 Å². The van der Waals surface area contributed by atoms with Gasteiger partial charge in [-0.3, -0.25) is 4.79 Å². The molecule has 3 heterocycles. The number of rotatable bonds is 3. The van der Waals surface area contributed by atoms with Gasteiger partial charge in [-0.2, -0.15) is 4.98 Å². The molecular formula is C20H18N4O2S. The molecule has 0 saturated carbocycles. The van der Waals surface area contributed by atoms with Crippen molar-refractivity contribution in [1.29, 1.82) is 0 Å². The molecule has 1 aliphatic heterocycles. The lowest BCUT2D eigenvalue weighted by Crippen LogP contribution is -2.36. The van der Waals surface area contributed by atoms with Crippen molar-refractivity contribution in [3.63, 3.8) is 0 Å². The van der Waals surface area contributed by atoms with E-state index < -0.39 is 0 Å². The Morgan fingerprint density at radius 3 is 2.74 bits per heavy atom. The Morgan fingerprint density at radius 2 is 1.89 bits per heavy atom. The number of morpholine rings is 1. The Kier molecular flexibility index (Phi) is 4.10. The first-order valence-electron chi connectivity index (χ1n) is 8.94. The molecule has 4 aromatic rings. The molecule has 0 amide bonds. The van der Waals surface area contributed by atoms with Crippen LogP contribution < -0.4 is 10.5 Å². The molecule has 1 fully saturated rings. The van der Waals surface area contributed by atoms with E-state index in [1.54, 1.807) is 6.33 Å². The molecule has 0 N–H and O–H groups in total. The molecular weight excluding hydrogens is 360 g/mol.